The van der Waals surface area contributed by atoms with E-state index in [1.165, 1.54) is 0 Å². The van der Waals surface area contributed by atoms with Crippen molar-refractivity contribution in [3.63, 3.8) is 0 Å². The molecule has 0 aliphatic rings. The number of aliphatic hydroxyl groups is 3. The first-order chi connectivity index (χ1) is 7.13. The molecular weight excluding hydrogens is 220 g/mol. The predicted molar refractivity (Wildman–Crippen MR) is 53.6 cm³/mol. The topological polar surface area (TPSA) is 135 Å². The van der Waals surface area contributed by atoms with Gasteiger partial charge >= 0.3 is 11.9 Å². The summed E-state index contributed by atoms with van der Waals surface area (Å²) in [5, 5.41) is 41.2. The summed E-state index contributed by atoms with van der Waals surface area (Å²) in [4.78, 5) is 19.9. The van der Waals surface area contributed by atoms with Crippen LogP contribution in [-0.4, -0.2) is 49.4 Å². The zero-order valence-electron chi connectivity index (χ0n) is 9.25. The third-order valence-electron chi connectivity index (χ3n) is 1.50. The minimum absolute atomic E-state index is 0.486. The smallest absolute Gasteiger partial charge is 0.335 e. The molecule has 7 nitrogen and oxygen atoms in total. The molecule has 0 amide bonds. The molecule has 0 aromatic heterocycles. The molecule has 0 saturated carbocycles. The van der Waals surface area contributed by atoms with Crippen LogP contribution in [0.1, 0.15) is 33.1 Å². The lowest BCUT2D eigenvalue weighted by Gasteiger charge is -2.13. The van der Waals surface area contributed by atoms with Gasteiger partial charge in [0.1, 0.15) is 0 Å². The highest BCUT2D eigenvalue weighted by atomic mass is 16.5. The predicted octanol–water partition coefficient (Wildman–Crippen LogP) is -0.606. The molecule has 0 aromatic rings. The third-order valence-corrected chi connectivity index (χ3v) is 1.50. The van der Waals surface area contributed by atoms with Crippen molar-refractivity contribution < 1.29 is 35.1 Å². The maximum absolute atomic E-state index is 10.0. The van der Waals surface area contributed by atoms with Gasteiger partial charge in [0.2, 0.25) is 0 Å². The van der Waals surface area contributed by atoms with Gasteiger partial charge in [-0.3, -0.25) is 4.79 Å². The summed E-state index contributed by atoms with van der Waals surface area (Å²) in [7, 11) is 0. The van der Waals surface area contributed by atoms with Crippen LogP contribution in [0.25, 0.3) is 0 Å². The van der Waals surface area contributed by atoms with E-state index < -0.39 is 30.3 Å². The van der Waals surface area contributed by atoms with E-state index >= 15 is 0 Å². The maximum atomic E-state index is 10.0. The number of carbonyl (C=O) groups is 2. The van der Waals surface area contributed by atoms with Crippen molar-refractivity contribution in [2.24, 2.45) is 0 Å². The van der Waals surface area contributed by atoms with E-state index in [4.69, 9.17) is 25.5 Å². The summed E-state index contributed by atoms with van der Waals surface area (Å²) in [5.74, 6) is -2.87. The lowest BCUT2D eigenvalue weighted by atomic mass is 10.0. The molecular formula is C9H18O7. The Kier molecular flexibility index (Phi) is 8.64. The molecule has 0 aliphatic carbocycles. The second-order valence-electron chi connectivity index (χ2n) is 3.42. The highest BCUT2D eigenvalue weighted by Crippen LogP contribution is 2.08. The van der Waals surface area contributed by atoms with E-state index in [1.807, 2.05) is 6.92 Å². The first-order valence-corrected chi connectivity index (χ1v) is 4.67. The fourth-order valence-corrected chi connectivity index (χ4v) is 0.628. The molecule has 0 aromatic carbocycles. The first kappa shape index (κ1) is 17.2. The average Bonchev–Trinajstić information content (AvgIpc) is 2.01. The highest BCUT2D eigenvalue weighted by molar-refractivity contribution is 5.83. The molecule has 0 heterocycles. The van der Waals surface area contributed by atoms with Crippen molar-refractivity contribution in [1.82, 2.24) is 0 Å². The summed E-state index contributed by atoms with van der Waals surface area (Å²) in [6.07, 6.45) is -0.574. The fraction of sp³-hybridized carbons (Fsp3) is 0.778. The van der Waals surface area contributed by atoms with Crippen LogP contribution in [0.3, 0.4) is 0 Å². The van der Waals surface area contributed by atoms with Crippen molar-refractivity contribution in [1.29, 1.82) is 0 Å². The number of hydrogen-bond acceptors (Lipinski definition) is 5. The van der Waals surface area contributed by atoms with Crippen molar-refractivity contribution in [3.05, 3.63) is 0 Å². The molecule has 1 atom stereocenters. The third kappa shape index (κ3) is 10.9. The van der Waals surface area contributed by atoms with E-state index in [2.05, 4.69) is 0 Å². The summed E-state index contributed by atoms with van der Waals surface area (Å²) < 4.78 is 0. The van der Waals surface area contributed by atoms with Gasteiger partial charge in [-0.2, -0.15) is 0 Å². The van der Waals surface area contributed by atoms with Gasteiger partial charge in [-0.15, -0.1) is 0 Å². The molecule has 0 bridgehead atoms. The van der Waals surface area contributed by atoms with E-state index in [0.29, 0.717) is 6.42 Å². The Bertz CT molecular complexity index is 222. The van der Waals surface area contributed by atoms with Crippen LogP contribution >= 0.6 is 0 Å². The number of aliphatic hydroxyl groups excluding tert-OH is 1. The number of carboxylic acid groups (broad SMARTS) is 2. The quantitative estimate of drug-likeness (QED) is 0.403. The van der Waals surface area contributed by atoms with Gasteiger partial charge in [0.25, 0.3) is 0 Å². The van der Waals surface area contributed by atoms with E-state index in [-0.39, 0.29) is 0 Å². The fourth-order valence-electron chi connectivity index (χ4n) is 0.628. The number of aliphatic carboxylic acids is 2. The normalized spacial score (nSPS) is 13.6. The van der Waals surface area contributed by atoms with Gasteiger partial charge in [-0.1, -0.05) is 13.3 Å². The SMILES string of the molecule is CC(O)(CC(=O)O)C(=O)O.CCCC(O)O. The summed E-state index contributed by atoms with van der Waals surface area (Å²) >= 11 is 0. The lowest BCUT2D eigenvalue weighted by molar-refractivity contribution is -0.163. The Morgan fingerprint density at radius 1 is 1.25 bits per heavy atom. The van der Waals surface area contributed by atoms with Crippen molar-refractivity contribution in [2.75, 3.05) is 0 Å². The Balaban J connectivity index is 0. The maximum Gasteiger partial charge on any atom is 0.335 e. The van der Waals surface area contributed by atoms with Crippen LogP contribution in [0.2, 0.25) is 0 Å². The Hall–Kier alpha value is -1.18. The van der Waals surface area contributed by atoms with E-state index in [0.717, 1.165) is 13.3 Å². The van der Waals surface area contributed by atoms with Gasteiger partial charge in [0.05, 0.1) is 6.42 Å². The molecule has 0 rings (SSSR count). The van der Waals surface area contributed by atoms with Crippen LogP contribution in [0.4, 0.5) is 0 Å². The average molecular weight is 238 g/mol. The van der Waals surface area contributed by atoms with Gasteiger partial charge in [-0.05, 0) is 13.3 Å². The van der Waals surface area contributed by atoms with Crippen molar-refractivity contribution >= 4 is 11.9 Å². The monoisotopic (exact) mass is 238 g/mol. The molecule has 0 aliphatic heterocycles. The molecule has 0 saturated heterocycles. The summed E-state index contributed by atoms with van der Waals surface area (Å²) in [6.45, 7) is 2.84. The first-order valence-electron chi connectivity index (χ1n) is 4.67. The van der Waals surface area contributed by atoms with Crippen LogP contribution in [0.5, 0.6) is 0 Å². The second kappa shape index (κ2) is 8.03. The zero-order valence-corrected chi connectivity index (χ0v) is 9.25. The number of rotatable bonds is 5. The molecule has 7 heteroatoms. The van der Waals surface area contributed by atoms with Gasteiger partial charge < -0.3 is 25.5 Å². The standard InChI is InChI=1S/C5H8O5.C4H10O2/c1-5(10,4(8)9)2-3(6)7;1-2-3-4(5)6/h10H,2H2,1H3,(H,6,7)(H,8,9);4-6H,2-3H2,1H3. The Morgan fingerprint density at radius 3 is 1.75 bits per heavy atom. The van der Waals surface area contributed by atoms with Gasteiger partial charge in [-0.25, -0.2) is 4.79 Å². The van der Waals surface area contributed by atoms with Crippen molar-refractivity contribution in [2.45, 2.75) is 45.0 Å². The number of hydrogen-bond donors (Lipinski definition) is 5. The number of carboxylic acids is 2. The van der Waals surface area contributed by atoms with Crippen LogP contribution in [0, 0.1) is 0 Å². The second-order valence-corrected chi connectivity index (χ2v) is 3.42. The zero-order chi connectivity index (χ0) is 13.4. The van der Waals surface area contributed by atoms with E-state index in [1.54, 1.807) is 0 Å². The van der Waals surface area contributed by atoms with Crippen LogP contribution < -0.4 is 0 Å². The Labute approximate surface area is 93.0 Å². The molecule has 1 unspecified atom stereocenters. The minimum atomic E-state index is -2.16. The largest absolute Gasteiger partial charge is 0.481 e. The van der Waals surface area contributed by atoms with Crippen LogP contribution in [-0.2, 0) is 9.59 Å². The molecule has 0 spiro atoms. The molecule has 0 radical (unpaired) electrons. The minimum Gasteiger partial charge on any atom is -0.481 e. The van der Waals surface area contributed by atoms with Crippen LogP contribution in [0.15, 0.2) is 0 Å². The lowest BCUT2D eigenvalue weighted by Crippen LogP contribution is -2.37. The van der Waals surface area contributed by atoms with Gasteiger partial charge in [0.15, 0.2) is 11.9 Å². The summed E-state index contributed by atoms with van der Waals surface area (Å²) in [5.41, 5.74) is -2.16. The summed E-state index contributed by atoms with van der Waals surface area (Å²) in [6, 6.07) is 0. The molecule has 16 heavy (non-hydrogen) atoms. The van der Waals surface area contributed by atoms with E-state index in [9.17, 15) is 9.59 Å². The molecule has 0 fully saturated rings. The Morgan fingerprint density at radius 2 is 1.69 bits per heavy atom. The molecule has 5 N–H and O–H groups in total. The van der Waals surface area contributed by atoms with Gasteiger partial charge in [0, 0.05) is 0 Å². The van der Waals surface area contributed by atoms with Crippen molar-refractivity contribution in [3.8, 4) is 0 Å². The highest BCUT2D eigenvalue weighted by Gasteiger charge is 2.32. The molecule has 96 valence electrons.